The lowest BCUT2D eigenvalue weighted by Gasteiger charge is -2.24. The molecule has 1 aromatic heterocycles. The molecule has 0 radical (unpaired) electrons. The lowest BCUT2D eigenvalue weighted by Crippen LogP contribution is -2.49. The number of ether oxygens (including phenoxy) is 2. The second kappa shape index (κ2) is 13.3. The molecule has 2 atom stereocenters. The van der Waals surface area contributed by atoms with E-state index in [1.807, 2.05) is 13.8 Å². The number of carboxylic acid groups (broad SMARTS) is 1. The number of hydrogen-bond acceptors (Lipinski definition) is 8. The number of rotatable bonds is 12. The standard InChI is InChI=1S/C32H32N4O8/c1-18(2)13-24(30(40)35-23(16-29(38)39)20-9-12-26-27(15-20)43-17-42-26)34-28(37)14-19-7-10-21(11-8-19)33-31(41)32-36-22-5-3-4-6-25(22)44-32/h3-12,15,18,23-24H,13-14,16-17H2,1-2H3,(H,33,41)(H,34,37)(H,35,40)(H,38,39)/t23-,24-/m0/s1. The van der Waals surface area contributed by atoms with Crippen molar-refractivity contribution in [3.8, 4) is 11.5 Å². The summed E-state index contributed by atoms with van der Waals surface area (Å²) in [5, 5.41) is 17.8. The number of amides is 3. The Hall–Kier alpha value is -5.39. The van der Waals surface area contributed by atoms with Crippen molar-refractivity contribution in [1.29, 1.82) is 0 Å². The first kappa shape index (κ1) is 30.1. The van der Waals surface area contributed by atoms with Gasteiger partial charge < -0.3 is 34.9 Å². The molecule has 44 heavy (non-hydrogen) atoms. The van der Waals surface area contributed by atoms with Gasteiger partial charge in [0.05, 0.1) is 18.9 Å². The number of aromatic nitrogens is 1. The predicted molar refractivity (Wildman–Crippen MR) is 159 cm³/mol. The Balaban J connectivity index is 1.20. The van der Waals surface area contributed by atoms with Crippen LogP contribution in [0.3, 0.4) is 0 Å². The first-order valence-corrected chi connectivity index (χ1v) is 14.1. The number of carboxylic acids is 1. The Kier molecular flexibility index (Phi) is 9.08. The zero-order valence-corrected chi connectivity index (χ0v) is 24.2. The first-order chi connectivity index (χ1) is 21.1. The number of hydrogen-bond donors (Lipinski definition) is 4. The molecule has 0 saturated carbocycles. The third-order valence-electron chi connectivity index (χ3n) is 6.92. The molecule has 0 saturated heterocycles. The third-order valence-corrected chi connectivity index (χ3v) is 6.92. The zero-order valence-electron chi connectivity index (χ0n) is 24.2. The minimum atomic E-state index is -1.09. The molecule has 3 aromatic carbocycles. The number of para-hydroxylation sites is 2. The average Bonchev–Trinajstić information content (AvgIpc) is 3.64. The molecule has 0 fully saturated rings. The van der Waals surface area contributed by atoms with Gasteiger partial charge in [0.15, 0.2) is 17.1 Å². The SMILES string of the molecule is CC(C)C[C@H](NC(=O)Cc1ccc(NC(=O)c2nc3ccccc3o2)cc1)C(=O)N[C@@H](CC(=O)O)c1ccc2c(c1)OCO2. The minimum absolute atomic E-state index is 0.0120. The van der Waals surface area contributed by atoms with Crippen LogP contribution in [0.4, 0.5) is 5.69 Å². The quantitative estimate of drug-likeness (QED) is 0.186. The van der Waals surface area contributed by atoms with Crippen molar-refractivity contribution in [2.24, 2.45) is 5.92 Å². The van der Waals surface area contributed by atoms with E-state index < -0.39 is 29.9 Å². The minimum Gasteiger partial charge on any atom is -0.481 e. The van der Waals surface area contributed by atoms with Gasteiger partial charge in [-0.05, 0) is 59.9 Å². The molecule has 1 aliphatic rings. The molecule has 0 unspecified atom stereocenters. The lowest BCUT2D eigenvalue weighted by atomic mass is 9.99. The number of carbonyl (C=O) groups excluding carboxylic acids is 3. The van der Waals surface area contributed by atoms with Gasteiger partial charge in [-0.25, -0.2) is 4.98 Å². The highest BCUT2D eigenvalue weighted by molar-refractivity contribution is 6.02. The number of nitrogens with one attached hydrogen (secondary N) is 3. The fourth-order valence-electron chi connectivity index (χ4n) is 4.82. The largest absolute Gasteiger partial charge is 0.481 e. The van der Waals surface area contributed by atoms with Gasteiger partial charge in [-0.2, -0.15) is 0 Å². The van der Waals surface area contributed by atoms with Crippen LogP contribution < -0.4 is 25.4 Å². The van der Waals surface area contributed by atoms with Gasteiger partial charge in [0.1, 0.15) is 11.6 Å². The summed E-state index contributed by atoms with van der Waals surface area (Å²) in [6, 6.07) is 17.0. The van der Waals surface area contributed by atoms with Crippen LogP contribution in [0.15, 0.2) is 71.1 Å². The Bertz CT molecular complexity index is 1650. The van der Waals surface area contributed by atoms with Gasteiger partial charge >= 0.3 is 11.9 Å². The summed E-state index contributed by atoms with van der Waals surface area (Å²) in [6.45, 7) is 3.91. The van der Waals surface area contributed by atoms with Crippen molar-refractivity contribution in [2.75, 3.05) is 12.1 Å². The Morgan fingerprint density at radius 3 is 2.41 bits per heavy atom. The van der Waals surface area contributed by atoms with E-state index in [-0.39, 0.29) is 37.4 Å². The maximum Gasteiger partial charge on any atom is 0.311 e. The summed E-state index contributed by atoms with van der Waals surface area (Å²) in [4.78, 5) is 54.7. The molecule has 1 aliphatic heterocycles. The number of benzene rings is 3. The van der Waals surface area contributed by atoms with Crippen molar-refractivity contribution < 1.29 is 38.2 Å². The van der Waals surface area contributed by atoms with Gasteiger partial charge in [0, 0.05) is 5.69 Å². The molecule has 12 heteroatoms. The van der Waals surface area contributed by atoms with E-state index in [2.05, 4.69) is 20.9 Å². The molecule has 0 aliphatic carbocycles. The highest BCUT2D eigenvalue weighted by Crippen LogP contribution is 2.35. The Morgan fingerprint density at radius 2 is 1.68 bits per heavy atom. The molecule has 12 nitrogen and oxygen atoms in total. The van der Waals surface area contributed by atoms with E-state index in [1.165, 1.54) is 0 Å². The van der Waals surface area contributed by atoms with Crippen LogP contribution in [0.1, 0.15) is 54.5 Å². The van der Waals surface area contributed by atoms with Crippen LogP contribution >= 0.6 is 0 Å². The fourth-order valence-corrected chi connectivity index (χ4v) is 4.82. The van der Waals surface area contributed by atoms with Crippen molar-refractivity contribution in [3.63, 3.8) is 0 Å². The van der Waals surface area contributed by atoms with Gasteiger partial charge in [0.25, 0.3) is 5.89 Å². The second-order valence-electron chi connectivity index (χ2n) is 10.8. The number of anilines is 1. The number of fused-ring (bicyclic) bond motifs is 2. The van der Waals surface area contributed by atoms with E-state index in [9.17, 15) is 24.3 Å². The Morgan fingerprint density at radius 1 is 0.932 bits per heavy atom. The van der Waals surface area contributed by atoms with Crippen molar-refractivity contribution in [1.82, 2.24) is 15.6 Å². The average molecular weight is 601 g/mol. The van der Waals surface area contributed by atoms with E-state index >= 15 is 0 Å². The topological polar surface area (TPSA) is 169 Å². The van der Waals surface area contributed by atoms with Crippen LogP contribution in [0.25, 0.3) is 11.1 Å². The molecule has 0 spiro atoms. The van der Waals surface area contributed by atoms with Crippen molar-refractivity contribution >= 4 is 40.5 Å². The second-order valence-corrected chi connectivity index (χ2v) is 10.8. The van der Waals surface area contributed by atoms with Gasteiger partial charge in [-0.15, -0.1) is 0 Å². The third kappa shape index (κ3) is 7.51. The summed E-state index contributed by atoms with van der Waals surface area (Å²) in [7, 11) is 0. The molecular weight excluding hydrogens is 568 g/mol. The first-order valence-electron chi connectivity index (χ1n) is 14.1. The van der Waals surface area contributed by atoms with E-state index in [4.69, 9.17) is 13.9 Å². The smallest absolute Gasteiger partial charge is 0.311 e. The molecule has 3 amide bonds. The van der Waals surface area contributed by atoms with Crippen LogP contribution in [0.2, 0.25) is 0 Å². The summed E-state index contributed by atoms with van der Waals surface area (Å²) in [5.74, 6) is -1.46. The number of oxazole rings is 1. The van der Waals surface area contributed by atoms with Crippen molar-refractivity contribution in [2.45, 2.75) is 45.2 Å². The predicted octanol–water partition coefficient (Wildman–Crippen LogP) is 4.21. The normalized spacial score (nSPS) is 13.3. The van der Waals surface area contributed by atoms with Crippen LogP contribution in [-0.4, -0.2) is 46.6 Å². The molecule has 228 valence electrons. The molecule has 0 bridgehead atoms. The van der Waals surface area contributed by atoms with Crippen LogP contribution in [0, 0.1) is 5.92 Å². The highest BCUT2D eigenvalue weighted by atomic mass is 16.7. The van der Waals surface area contributed by atoms with E-state index in [0.717, 1.165) is 0 Å². The number of nitrogens with zero attached hydrogens (tertiary/aromatic N) is 1. The number of carbonyl (C=O) groups is 4. The summed E-state index contributed by atoms with van der Waals surface area (Å²) in [6.07, 6.45) is -0.0235. The Labute approximate surface area is 252 Å². The van der Waals surface area contributed by atoms with Gasteiger partial charge in [-0.1, -0.05) is 44.2 Å². The summed E-state index contributed by atoms with van der Waals surface area (Å²) < 4.78 is 16.2. The monoisotopic (exact) mass is 600 g/mol. The summed E-state index contributed by atoms with van der Waals surface area (Å²) >= 11 is 0. The van der Waals surface area contributed by atoms with Crippen LogP contribution in [0.5, 0.6) is 11.5 Å². The highest BCUT2D eigenvalue weighted by Gasteiger charge is 2.27. The molecule has 4 aromatic rings. The summed E-state index contributed by atoms with van der Waals surface area (Å²) in [5.41, 5.74) is 2.78. The molecule has 5 rings (SSSR count). The maximum atomic E-state index is 13.4. The van der Waals surface area contributed by atoms with E-state index in [1.54, 1.807) is 66.7 Å². The zero-order chi connectivity index (χ0) is 31.2. The van der Waals surface area contributed by atoms with Crippen molar-refractivity contribution in [3.05, 3.63) is 83.7 Å². The maximum absolute atomic E-state index is 13.4. The molecule has 4 N–H and O–H groups in total. The lowest BCUT2D eigenvalue weighted by molar-refractivity contribution is -0.138. The van der Waals surface area contributed by atoms with Crippen LogP contribution in [-0.2, 0) is 20.8 Å². The number of aliphatic carboxylic acids is 1. The fraction of sp³-hybridized carbons (Fsp3) is 0.281. The van der Waals surface area contributed by atoms with E-state index in [0.29, 0.717) is 45.8 Å². The van der Waals surface area contributed by atoms with Gasteiger partial charge in [0.2, 0.25) is 18.6 Å². The van der Waals surface area contributed by atoms with Gasteiger partial charge in [-0.3, -0.25) is 19.2 Å². The molecule has 2 heterocycles. The molecular formula is C32H32N4O8.